The van der Waals surface area contributed by atoms with Crippen molar-refractivity contribution in [1.29, 1.82) is 0 Å². The Morgan fingerprint density at radius 1 is 1.38 bits per heavy atom. The van der Waals surface area contributed by atoms with E-state index in [4.69, 9.17) is 16.3 Å². The third kappa shape index (κ3) is 3.15. The third-order valence-corrected chi connectivity index (χ3v) is 3.83. The first-order chi connectivity index (χ1) is 7.81. The van der Waals surface area contributed by atoms with Crippen molar-refractivity contribution < 1.29 is 4.74 Å². The Hall–Kier alpha value is -0.690. The Balaban J connectivity index is 1.79. The number of hydrogen-bond acceptors (Lipinski definition) is 1. The monoisotopic (exact) mass is 238 g/mol. The van der Waals surface area contributed by atoms with Gasteiger partial charge in [-0.3, -0.25) is 0 Å². The van der Waals surface area contributed by atoms with E-state index in [1.54, 1.807) is 7.11 Å². The van der Waals surface area contributed by atoms with Gasteiger partial charge in [0.1, 0.15) is 5.75 Å². The van der Waals surface area contributed by atoms with Crippen molar-refractivity contribution >= 4 is 11.6 Å². The molecule has 88 valence electrons. The predicted molar refractivity (Wildman–Crippen MR) is 68.3 cm³/mol. The van der Waals surface area contributed by atoms with Crippen LogP contribution >= 0.6 is 11.6 Å². The minimum atomic E-state index is 0.398. The number of alkyl halides is 1. The lowest BCUT2D eigenvalue weighted by molar-refractivity contribution is 0.408. The minimum Gasteiger partial charge on any atom is -0.496 e. The predicted octanol–water partition coefficient (Wildman–Crippen LogP) is 4.04. The van der Waals surface area contributed by atoms with Crippen LogP contribution in [0.2, 0.25) is 0 Å². The maximum absolute atomic E-state index is 6.29. The molecule has 0 aliphatic heterocycles. The van der Waals surface area contributed by atoms with Crippen LogP contribution in [-0.2, 0) is 6.42 Å². The van der Waals surface area contributed by atoms with Crippen LogP contribution in [0, 0.1) is 5.92 Å². The van der Waals surface area contributed by atoms with Gasteiger partial charge in [0.2, 0.25) is 0 Å². The van der Waals surface area contributed by atoms with E-state index in [1.807, 2.05) is 12.1 Å². The molecule has 1 atom stereocenters. The molecule has 0 bridgehead atoms. The lowest BCUT2D eigenvalue weighted by atomic mass is 10.0. The SMILES string of the molecule is COc1ccccc1CCCC(Cl)C1CC1. The Morgan fingerprint density at radius 2 is 2.12 bits per heavy atom. The number of methoxy groups -OCH3 is 1. The van der Waals surface area contributed by atoms with Gasteiger partial charge in [-0.1, -0.05) is 18.2 Å². The molecular weight excluding hydrogens is 220 g/mol. The van der Waals surface area contributed by atoms with E-state index in [0.717, 1.165) is 30.9 Å². The second-order valence-corrected chi connectivity index (χ2v) is 5.12. The largest absolute Gasteiger partial charge is 0.496 e. The van der Waals surface area contributed by atoms with E-state index < -0.39 is 0 Å². The summed E-state index contributed by atoms with van der Waals surface area (Å²) in [5.41, 5.74) is 1.30. The smallest absolute Gasteiger partial charge is 0.122 e. The summed E-state index contributed by atoms with van der Waals surface area (Å²) in [5, 5.41) is 0.398. The molecule has 1 nitrogen and oxygen atoms in total. The van der Waals surface area contributed by atoms with Crippen molar-refractivity contribution in [2.45, 2.75) is 37.5 Å². The fourth-order valence-corrected chi connectivity index (χ4v) is 2.50. The summed E-state index contributed by atoms with van der Waals surface area (Å²) in [6, 6.07) is 8.24. The molecule has 0 saturated heterocycles. The lowest BCUT2D eigenvalue weighted by Gasteiger charge is -2.10. The highest BCUT2D eigenvalue weighted by Crippen LogP contribution is 2.37. The van der Waals surface area contributed by atoms with Gasteiger partial charge in [0.25, 0.3) is 0 Å². The summed E-state index contributed by atoms with van der Waals surface area (Å²) >= 11 is 6.29. The highest BCUT2D eigenvalue weighted by atomic mass is 35.5. The summed E-state index contributed by atoms with van der Waals surface area (Å²) in [7, 11) is 1.73. The van der Waals surface area contributed by atoms with Gasteiger partial charge in [-0.15, -0.1) is 11.6 Å². The van der Waals surface area contributed by atoms with Crippen LogP contribution in [0.5, 0.6) is 5.75 Å². The molecule has 0 heterocycles. The van der Waals surface area contributed by atoms with Crippen LogP contribution in [0.4, 0.5) is 0 Å². The number of benzene rings is 1. The van der Waals surface area contributed by atoms with Crippen LogP contribution in [-0.4, -0.2) is 12.5 Å². The van der Waals surface area contributed by atoms with Crippen molar-refractivity contribution in [2.24, 2.45) is 5.92 Å². The summed E-state index contributed by atoms with van der Waals surface area (Å²) in [6.45, 7) is 0. The van der Waals surface area contributed by atoms with E-state index in [9.17, 15) is 0 Å². The number of halogens is 1. The maximum atomic E-state index is 6.29. The van der Waals surface area contributed by atoms with E-state index in [2.05, 4.69) is 12.1 Å². The van der Waals surface area contributed by atoms with Crippen LogP contribution in [0.15, 0.2) is 24.3 Å². The van der Waals surface area contributed by atoms with E-state index >= 15 is 0 Å². The highest BCUT2D eigenvalue weighted by molar-refractivity contribution is 6.20. The summed E-state index contributed by atoms with van der Waals surface area (Å²) in [6.07, 6.45) is 6.03. The van der Waals surface area contributed by atoms with Gasteiger partial charge in [-0.05, 0) is 49.7 Å². The van der Waals surface area contributed by atoms with Crippen molar-refractivity contribution in [2.75, 3.05) is 7.11 Å². The van der Waals surface area contributed by atoms with Gasteiger partial charge >= 0.3 is 0 Å². The van der Waals surface area contributed by atoms with Gasteiger partial charge in [0, 0.05) is 5.38 Å². The van der Waals surface area contributed by atoms with Gasteiger partial charge in [-0.25, -0.2) is 0 Å². The zero-order valence-electron chi connectivity index (χ0n) is 9.79. The van der Waals surface area contributed by atoms with Crippen LogP contribution in [0.25, 0.3) is 0 Å². The van der Waals surface area contributed by atoms with Gasteiger partial charge < -0.3 is 4.74 Å². The molecule has 0 amide bonds. The Bertz CT molecular complexity index is 333. The first-order valence-corrected chi connectivity index (χ1v) is 6.51. The molecule has 2 heteroatoms. The normalized spacial score (nSPS) is 17.1. The molecule has 0 aromatic heterocycles. The number of aryl methyl sites for hydroxylation is 1. The molecule has 0 N–H and O–H groups in total. The quantitative estimate of drug-likeness (QED) is 0.680. The molecule has 2 rings (SSSR count). The van der Waals surface area contributed by atoms with E-state index in [0.29, 0.717) is 5.38 Å². The summed E-state index contributed by atoms with van der Waals surface area (Å²) in [5.74, 6) is 1.80. The molecule has 1 aromatic carbocycles. The van der Waals surface area contributed by atoms with Crippen LogP contribution < -0.4 is 4.74 Å². The molecule has 16 heavy (non-hydrogen) atoms. The average molecular weight is 239 g/mol. The Morgan fingerprint density at radius 3 is 2.81 bits per heavy atom. The van der Waals surface area contributed by atoms with Crippen molar-refractivity contribution in [3.8, 4) is 5.75 Å². The molecule has 1 aliphatic carbocycles. The summed E-state index contributed by atoms with van der Waals surface area (Å²) in [4.78, 5) is 0. The van der Waals surface area contributed by atoms with E-state index in [1.165, 1.54) is 18.4 Å². The van der Waals surface area contributed by atoms with Gasteiger partial charge in [0.15, 0.2) is 0 Å². The number of para-hydroxylation sites is 1. The minimum absolute atomic E-state index is 0.398. The van der Waals surface area contributed by atoms with Gasteiger partial charge in [0.05, 0.1) is 7.11 Å². The molecule has 1 aromatic rings. The molecule has 1 unspecified atom stereocenters. The topological polar surface area (TPSA) is 9.23 Å². The molecule has 0 spiro atoms. The number of rotatable bonds is 6. The highest BCUT2D eigenvalue weighted by Gasteiger charge is 2.28. The fraction of sp³-hybridized carbons (Fsp3) is 0.571. The lowest BCUT2D eigenvalue weighted by Crippen LogP contribution is -2.02. The fourth-order valence-electron chi connectivity index (χ4n) is 2.09. The van der Waals surface area contributed by atoms with E-state index in [-0.39, 0.29) is 0 Å². The first kappa shape index (κ1) is 11.8. The third-order valence-electron chi connectivity index (χ3n) is 3.25. The zero-order chi connectivity index (χ0) is 11.4. The first-order valence-electron chi connectivity index (χ1n) is 6.07. The Kier molecular flexibility index (Phi) is 4.11. The molecule has 0 radical (unpaired) electrons. The maximum Gasteiger partial charge on any atom is 0.122 e. The van der Waals surface area contributed by atoms with Crippen LogP contribution in [0.3, 0.4) is 0 Å². The second-order valence-electron chi connectivity index (χ2n) is 4.56. The van der Waals surface area contributed by atoms with Crippen LogP contribution in [0.1, 0.15) is 31.2 Å². The zero-order valence-corrected chi connectivity index (χ0v) is 10.5. The van der Waals surface area contributed by atoms with Crippen molar-refractivity contribution in [3.63, 3.8) is 0 Å². The van der Waals surface area contributed by atoms with Crippen molar-refractivity contribution in [3.05, 3.63) is 29.8 Å². The standard InChI is InChI=1S/C14H19ClO/c1-16-14-8-3-2-5-12(14)6-4-7-13(15)11-9-10-11/h2-3,5,8,11,13H,4,6-7,9-10H2,1H3. The molecular formula is C14H19ClO. The Labute approximate surface area is 103 Å². The van der Waals surface area contributed by atoms with Crippen molar-refractivity contribution in [1.82, 2.24) is 0 Å². The number of ether oxygens (including phenoxy) is 1. The second kappa shape index (κ2) is 5.58. The summed E-state index contributed by atoms with van der Waals surface area (Å²) < 4.78 is 5.33. The molecule has 1 aliphatic rings. The molecule has 1 saturated carbocycles. The average Bonchev–Trinajstić information content (AvgIpc) is 3.13. The number of hydrogen-bond donors (Lipinski definition) is 0. The molecule has 1 fully saturated rings. The van der Waals surface area contributed by atoms with Gasteiger partial charge in [-0.2, -0.15) is 0 Å².